The van der Waals surface area contributed by atoms with Crippen LogP contribution in [0.15, 0.2) is 0 Å². The summed E-state index contributed by atoms with van der Waals surface area (Å²) in [5, 5.41) is 2.95. The Balaban J connectivity index is 4.20. The number of unbranched alkanes of at least 4 members (excludes halogenated alkanes) is 1. The number of carbonyl (C=O) groups excluding carboxylic acids is 1. The number of nitrogens with one attached hydrogen (secondary N) is 1. The van der Waals surface area contributed by atoms with E-state index in [0.29, 0.717) is 13.1 Å². The van der Waals surface area contributed by atoms with Crippen molar-refractivity contribution >= 4 is 5.91 Å². The second-order valence-corrected chi connectivity index (χ2v) is 5.14. The van der Waals surface area contributed by atoms with Crippen LogP contribution in [-0.2, 0) is 4.79 Å². The van der Waals surface area contributed by atoms with Gasteiger partial charge in [0.25, 0.3) is 0 Å². The third kappa shape index (κ3) is 6.64. The molecule has 0 aromatic heterocycles. The summed E-state index contributed by atoms with van der Waals surface area (Å²) < 4.78 is 0. The van der Waals surface area contributed by atoms with Gasteiger partial charge in [-0.2, -0.15) is 0 Å². The van der Waals surface area contributed by atoms with E-state index in [1.54, 1.807) is 0 Å². The van der Waals surface area contributed by atoms with E-state index in [9.17, 15) is 4.79 Å². The number of nitrogens with zero attached hydrogens (tertiary/aromatic N) is 1. The summed E-state index contributed by atoms with van der Waals surface area (Å²) in [5.41, 5.74) is 5.65. The predicted molar refractivity (Wildman–Crippen MR) is 72.9 cm³/mol. The van der Waals surface area contributed by atoms with Crippen molar-refractivity contribution in [2.24, 2.45) is 5.73 Å². The third-order valence-electron chi connectivity index (χ3n) is 3.04. The Hall–Kier alpha value is -0.610. The molecule has 4 nitrogen and oxygen atoms in total. The average Bonchev–Trinajstić information content (AvgIpc) is 2.29. The normalized spacial score (nSPS) is 11.9. The average molecular weight is 243 g/mol. The molecule has 102 valence electrons. The van der Waals surface area contributed by atoms with E-state index in [1.807, 2.05) is 0 Å². The monoisotopic (exact) mass is 243 g/mol. The Morgan fingerprint density at radius 2 is 1.94 bits per heavy atom. The van der Waals surface area contributed by atoms with Gasteiger partial charge in [0.2, 0.25) is 5.91 Å². The van der Waals surface area contributed by atoms with Gasteiger partial charge in [0.1, 0.15) is 0 Å². The van der Waals surface area contributed by atoms with Gasteiger partial charge in [-0.1, -0.05) is 20.3 Å². The Kier molecular flexibility index (Phi) is 8.17. The van der Waals surface area contributed by atoms with Gasteiger partial charge in [-0.25, -0.2) is 0 Å². The van der Waals surface area contributed by atoms with Gasteiger partial charge in [-0.05, 0) is 33.2 Å². The lowest BCUT2D eigenvalue weighted by atomic mass is 10.0. The van der Waals surface area contributed by atoms with E-state index >= 15 is 0 Å². The zero-order chi connectivity index (χ0) is 13.3. The van der Waals surface area contributed by atoms with Gasteiger partial charge in [0, 0.05) is 18.6 Å². The van der Waals surface area contributed by atoms with Crippen molar-refractivity contribution in [2.75, 3.05) is 26.2 Å². The largest absolute Gasteiger partial charge is 0.355 e. The maximum Gasteiger partial charge on any atom is 0.234 e. The minimum absolute atomic E-state index is 0.105. The van der Waals surface area contributed by atoms with Gasteiger partial charge in [0.05, 0.1) is 6.54 Å². The van der Waals surface area contributed by atoms with Crippen LogP contribution in [0.4, 0.5) is 0 Å². The molecule has 0 saturated carbocycles. The smallest absolute Gasteiger partial charge is 0.234 e. The zero-order valence-corrected chi connectivity index (χ0v) is 11.9. The molecule has 0 aromatic carbocycles. The van der Waals surface area contributed by atoms with Crippen LogP contribution in [0, 0.1) is 0 Å². The number of hydrogen-bond acceptors (Lipinski definition) is 3. The second kappa shape index (κ2) is 8.48. The molecule has 0 unspecified atom stereocenters. The molecule has 0 spiro atoms. The van der Waals surface area contributed by atoms with Crippen LogP contribution in [0.1, 0.15) is 47.0 Å². The van der Waals surface area contributed by atoms with Crippen LogP contribution in [0.5, 0.6) is 0 Å². The Morgan fingerprint density at radius 3 is 2.41 bits per heavy atom. The Morgan fingerprint density at radius 1 is 1.29 bits per heavy atom. The van der Waals surface area contributed by atoms with Crippen LogP contribution >= 0.6 is 0 Å². The van der Waals surface area contributed by atoms with Gasteiger partial charge in [0.15, 0.2) is 0 Å². The van der Waals surface area contributed by atoms with Crippen LogP contribution in [0.3, 0.4) is 0 Å². The van der Waals surface area contributed by atoms with Crippen molar-refractivity contribution in [3.8, 4) is 0 Å². The van der Waals surface area contributed by atoms with Gasteiger partial charge in [-0.3, -0.25) is 9.69 Å². The SMILES string of the molecule is CCCCNC(=O)CN(CCC)C(C)(C)CN. The molecule has 0 aliphatic carbocycles. The zero-order valence-electron chi connectivity index (χ0n) is 11.9. The molecular formula is C13H29N3O. The predicted octanol–water partition coefficient (Wildman–Crippen LogP) is 1.35. The molecule has 1 amide bonds. The summed E-state index contributed by atoms with van der Waals surface area (Å²) in [6.07, 6.45) is 3.18. The first kappa shape index (κ1) is 16.4. The Labute approximate surface area is 106 Å². The van der Waals surface area contributed by atoms with Crippen LogP contribution in [-0.4, -0.2) is 42.5 Å². The molecule has 0 aliphatic heterocycles. The minimum atomic E-state index is -0.113. The molecule has 0 rings (SSSR count). The first-order valence-corrected chi connectivity index (χ1v) is 6.69. The highest BCUT2D eigenvalue weighted by atomic mass is 16.2. The summed E-state index contributed by atoms with van der Waals surface area (Å²) >= 11 is 0. The van der Waals surface area contributed by atoms with Crippen molar-refractivity contribution in [3.05, 3.63) is 0 Å². The molecule has 0 saturated heterocycles. The Bertz CT molecular complexity index is 217. The summed E-state index contributed by atoms with van der Waals surface area (Å²) in [6.45, 7) is 11.1. The molecule has 0 radical (unpaired) electrons. The van der Waals surface area contributed by atoms with Crippen molar-refractivity contribution in [1.29, 1.82) is 0 Å². The van der Waals surface area contributed by atoms with Crippen LogP contribution in [0.2, 0.25) is 0 Å². The van der Waals surface area contributed by atoms with Crippen molar-refractivity contribution in [1.82, 2.24) is 10.2 Å². The number of amides is 1. The number of rotatable bonds is 9. The maximum absolute atomic E-state index is 11.8. The highest BCUT2D eigenvalue weighted by molar-refractivity contribution is 5.78. The van der Waals surface area contributed by atoms with E-state index in [2.05, 4.69) is 37.9 Å². The molecule has 3 N–H and O–H groups in total. The van der Waals surface area contributed by atoms with Gasteiger partial charge in [-0.15, -0.1) is 0 Å². The third-order valence-corrected chi connectivity index (χ3v) is 3.04. The standard InChI is InChI=1S/C13H29N3O/c1-5-7-8-15-12(17)10-16(9-6-2)13(3,4)11-14/h5-11,14H2,1-4H3,(H,15,17). The molecule has 0 atom stereocenters. The number of hydrogen-bond donors (Lipinski definition) is 2. The molecular weight excluding hydrogens is 214 g/mol. The lowest BCUT2D eigenvalue weighted by molar-refractivity contribution is -0.123. The first-order chi connectivity index (χ1) is 7.97. The lowest BCUT2D eigenvalue weighted by Gasteiger charge is -2.37. The van der Waals surface area contributed by atoms with Crippen molar-refractivity contribution in [2.45, 2.75) is 52.5 Å². The fraction of sp³-hybridized carbons (Fsp3) is 0.923. The number of nitrogens with two attached hydrogens (primary N) is 1. The van der Waals surface area contributed by atoms with Crippen molar-refractivity contribution < 1.29 is 4.79 Å². The fourth-order valence-electron chi connectivity index (χ4n) is 1.63. The second-order valence-electron chi connectivity index (χ2n) is 5.14. The molecule has 4 heteroatoms. The maximum atomic E-state index is 11.8. The van der Waals surface area contributed by atoms with Gasteiger partial charge < -0.3 is 11.1 Å². The summed E-state index contributed by atoms with van der Waals surface area (Å²) in [5.74, 6) is 0.105. The van der Waals surface area contributed by atoms with E-state index < -0.39 is 0 Å². The highest BCUT2D eigenvalue weighted by Crippen LogP contribution is 2.12. The van der Waals surface area contributed by atoms with E-state index in [4.69, 9.17) is 5.73 Å². The van der Waals surface area contributed by atoms with Gasteiger partial charge >= 0.3 is 0 Å². The summed E-state index contributed by atoms with van der Waals surface area (Å²) in [7, 11) is 0. The molecule has 0 fully saturated rings. The topological polar surface area (TPSA) is 58.4 Å². The summed E-state index contributed by atoms with van der Waals surface area (Å²) in [4.78, 5) is 13.9. The highest BCUT2D eigenvalue weighted by Gasteiger charge is 2.25. The molecule has 17 heavy (non-hydrogen) atoms. The number of carbonyl (C=O) groups is 1. The van der Waals surface area contributed by atoms with E-state index in [-0.39, 0.29) is 11.4 Å². The van der Waals surface area contributed by atoms with Crippen LogP contribution in [0.25, 0.3) is 0 Å². The molecule has 0 bridgehead atoms. The summed E-state index contributed by atoms with van der Waals surface area (Å²) in [6, 6.07) is 0. The molecule has 0 aromatic rings. The molecule has 0 aliphatic rings. The van der Waals surface area contributed by atoms with Crippen molar-refractivity contribution in [3.63, 3.8) is 0 Å². The lowest BCUT2D eigenvalue weighted by Crippen LogP contribution is -2.53. The van der Waals surface area contributed by atoms with Crippen LogP contribution < -0.4 is 11.1 Å². The quantitative estimate of drug-likeness (QED) is 0.601. The fourth-order valence-corrected chi connectivity index (χ4v) is 1.63. The molecule has 0 heterocycles. The first-order valence-electron chi connectivity index (χ1n) is 6.69. The van der Waals surface area contributed by atoms with E-state index in [1.165, 1.54) is 0 Å². The minimum Gasteiger partial charge on any atom is -0.355 e. The van der Waals surface area contributed by atoms with E-state index in [0.717, 1.165) is 32.4 Å².